The summed E-state index contributed by atoms with van der Waals surface area (Å²) in [5.41, 5.74) is 8.34. The van der Waals surface area contributed by atoms with Crippen molar-refractivity contribution in [2.75, 3.05) is 26.2 Å². The van der Waals surface area contributed by atoms with Crippen LogP contribution in [0, 0.1) is 0 Å². The number of benzene rings is 2. The van der Waals surface area contributed by atoms with Crippen molar-refractivity contribution >= 4 is 12.2 Å². The molecule has 1 heterocycles. The number of carbonyl (C=O) groups excluding carboxylic acids is 1. The molecular formula is C21H24N4O4. The zero-order valence-corrected chi connectivity index (χ0v) is 16.0. The van der Waals surface area contributed by atoms with E-state index in [1.807, 2.05) is 24.3 Å². The minimum Gasteiger partial charge on any atom is -0.464 e. The first-order valence-corrected chi connectivity index (χ1v) is 9.68. The Balaban J connectivity index is 1.17. The predicted octanol–water partition coefficient (Wildman–Crippen LogP) is 1.94. The molecule has 1 aliphatic carbocycles. The first-order valence-electron chi connectivity index (χ1n) is 9.68. The zero-order valence-electron chi connectivity index (χ0n) is 16.0. The Morgan fingerprint density at radius 3 is 2.69 bits per heavy atom. The molecule has 8 heteroatoms. The van der Waals surface area contributed by atoms with Crippen LogP contribution in [0.25, 0.3) is 11.1 Å². The van der Waals surface area contributed by atoms with E-state index >= 15 is 0 Å². The third kappa shape index (κ3) is 4.49. The number of hydrogen-bond donors (Lipinski definition) is 4. The highest BCUT2D eigenvalue weighted by Gasteiger charge is 2.27. The minimum absolute atomic E-state index is 0.216. The minimum atomic E-state index is -1.05. The van der Waals surface area contributed by atoms with Crippen LogP contribution in [-0.4, -0.2) is 54.5 Å². The summed E-state index contributed by atoms with van der Waals surface area (Å²) in [6.45, 7) is 2.50. The van der Waals surface area contributed by atoms with Crippen LogP contribution in [0.1, 0.15) is 16.7 Å². The topological polar surface area (TPSA) is 103 Å². The van der Waals surface area contributed by atoms with Gasteiger partial charge < -0.3 is 20.5 Å². The third-order valence-electron chi connectivity index (χ3n) is 5.27. The van der Waals surface area contributed by atoms with Crippen molar-refractivity contribution in [1.29, 1.82) is 0 Å². The van der Waals surface area contributed by atoms with Crippen LogP contribution in [0.4, 0.5) is 9.59 Å². The van der Waals surface area contributed by atoms with Crippen LogP contribution in [0.3, 0.4) is 0 Å². The van der Waals surface area contributed by atoms with Gasteiger partial charge in [0.2, 0.25) is 0 Å². The number of amides is 2. The first kappa shape index (κ1) is 19.2. The third-order valence-corrected chi connectivity index (χ3v) is 5.27. The maximum Gasteiger partial charge on any atom is 0.419 e. The lowest BCUT2D eigenvalue weighted by Crippen LogP contribution is -2.64. The number of rotatable bonds is 7. The van der Waals surface area contributed by atoms with E-state index in [4.69, 9.17) is 9.84 Å². The smallest absolute Gasteiger partial charge is 0.419 e. The second kappa shape index (κ2) is 8.50. The average molecular weight is 396 g/mol. The van der Waals surface area contributed by atoms with Gasteiger partial charge in [-0.15, -0.1) is 0 Å². The summed E-state index contributed by atoms with van der Waals surface area (Å²) >= 11 is 0. The maximum atomic E-state index is 12.0. The average Bonchev–Trinajstić information content (AvgIpc) is 3.06. The van der Waals surface area contributed by atoms with Crippen LogP contribution in [0.15, 0.2) is 42.5 Å². The molecule has 2 aromatic carbocycles. The molecule has 1 aliphatic heterocycles. The number of fused-ring (bicyclic) bond motifs is 3. The van der Waals surface area contributed by atoms with Crippen LogP contribution < -0.4 is 16.1 Å². The monoisotopic (exact) mass is 396 g/mol. The second-order valence-electron chi connectivity index (χ2n) is 7.25. The molecule has 29 heavy (non-hydrogen) atoms. The zero-order chi connectivity index (χ0) is 20.2. The lowest BCUT2D eigenvalue weighted by molar-refractivity contribution is 0.0648. The molecule has 1 saturated heterocycles. The van der Waals surface area contributed by atoms with E-state index in [-0.39, 0.29) is 12.6 Å². The Hall–Kier alpha value is -3.10. The number of nitrogens with zero attached hydrogens (tertiary/aromatic N) is 1. The molecular weight excluding hydrogens is 372 g/mol. The van der Waals surface area contributed by atoms with Crippen LogP contribution >= 0.6 is 0 Å². The van der Waals surface area contributed by atoms with E-state index in [2.05, 4.69) is 34.3 Å². The maximum absolute atomic E-state index is 12.0. The Bertz CT molecular complexity index is 911. The molecule has 0 spiro atoms. The molecule has 2 aromatic rings. The van der Waals surface area contributed by atoms with Crippen molar-refractivity contribution in [3.8, 4) is 11.1 Å². The SMILES string of the molecule is O=C(O)NN1CC(NCCNC(=O)OCc2cccc3c2Cc2ccccc2-3)C1. The van der Waals surface area contributed by atoms with Crippen molar-refractivity contribution in [1.82, 2.24) is 21.1 Å². The van der Waals surface area contributed by atoms with Gasteiger partial charge in [0.15, 0.2) is 0 Å². The number of ether oxygens (including phenoxy) is 1. The number of hydrazine groups is 1. The Kier molecular flexibility index (Phi) is 5.64. The summed E-state index contributed by atoms with van der Waals surface area (Å²) in [6, 6.07) is 14.7. The molecule has 4 N–H and O–H groups in total. The number of hydrogen-bond acceptors (Lipinski definition) is 5. The molecule has 1 fully saturated rings. The summed E-state index contributed by atoms with van der Waals surface area (Å²) in [4.78, 5) is 22.5. The highest BCUT2D eigenvalue weighted by atomic mass is 16.5. The molecule has 0 saturated carbocycles. The quantitative estimate of drug-likeness (QED) is 0.455. The van der Waals surface area contributed by atoms with Gasteiger partial charge in [-0.3, -0.25) is 5.43 Å². The molecule has 2 amide bonds. The van der Waals surface area contributed by atoms with Crippen LogP contribution in [0.5, 0.6) is 0 Å². The number of carbonyl (C=O) groups is 2. The van der Waals surface area contributed by atoms with E-state index < -0.39 is 12.2 Å². The summed E-state index contributed by atoms with van der Waals surface area (Å²) in [5, 5.41) is 16.2. The van der Waals surface area contributed by atoms with Gasteiger partial charge in [0.05, 0.1) is 0 Å². The molecule has 2 aliphatic rings. The summed E-state index contributed by atoms with van der Waals surface area (Å²) in [6.07, 6.45) is -0.630. The van der Waals surface area contributed by atoms with Crippen LogP contribution in [-0.2, 0) is 17.8 Å². The van der Waals surface area contributed by atoms with Gasteiger partial charge in [0, 0.05) is 32.2 Å². The number of alkyl carbamates (subject to hydrolysis) is 1. The van der Waals surface area contributed by atoms with Gasteiger partial charge in [0.25, 0.3) is 0 Å². The Labute approximate surface area is 168 Å². The summed E-state index contributed by atoms with van der Waals surface area (Å²) < 4.78 is 5.40. The van der Waals surface area contributed by atoms with Crippen LogP contribution in [0.2, 0.25) is 0 Å². The molecule has 8 nitrogen and oxygen atoms in total. The van der Waals surface area contributed by atoms with E-state index in [1.54, 1.807) is 5.01 Å². The molecule has 152 valence electrons. The fourth-order valence-electron chi connectivity index (χ4n) is 3.83. The fourth-order valence-corrected chi connectivity index (χ4v) is 3.83. The lowest BCUT2D eigenvalue weighted by atomic mass is 10.0. The lowest BCUT2D eigenvalue weighted by Gasteiger charge is -2.38. The van der Waals surface area contributed by atoms with Crippen molar-refractivity contribution in [2.24, 2.45) is 0 Å². The molecule has 0 atom stereocenters. The van der Waals surface area contributed by atoms with Gasteiger partial charge in [-0.25, -0.2) is 14.6 Å². The van der Waals surface area contributed by atoms with E-state index in [0.29, 0.717) is 26.2 Å². The molecule has 0 bridgehead atoms. The van der Waals surface area contributed by atoms with Gasteiger partial charge >= 0.3 is 12.2 Å². The largest absolute Gasteiger partial charge is 0.464 e. The Morgan fingerprint density at radius 2 is 1.86 bits per heavy atom. The molecule has 4 rings (SSSR count). The molecule has 0 aromatic heterocycles. The van der Waals surface area contributed by atoms with Crippen molar-refractivity contribution in [2.45, 2.75) is 19.1 Å². The molecule has 0 unspecified atom stereocenters. The standard InChI is InChI=1S/C21H24N4O4/c26-20(27)24-25-11-16(12-25)22-8-9-23-21(28)29-13-15-5-3-7-18-17-6-2-1-4-14(17)10-19(15)18/h1-7,16,22,24H,8-13H2,(H,23,28)(H,26,27). The molecule has 0 radical (unpaired) electrons. The van der Waals surface area contributed by atoms with Gasteiger partial charge in [-0.05, 0) is 34.2 Å². The summed E-state index contributed by atoms with van der Waals surface area (Å²) in [5.74, 6) is 0. The normalized spacial score (nSPS) is 15.2. The van der Waals surface area contributed by atoms with Gasteiger partial charge in [-0.2, -0.15) is 0 Å². The first-order chi connectivity index (χ1) is 14.1. The van der Waals surface area contributed by atoms with Crippen molar-refractivity contribution in [3.05, 3.63) is 59.2 Å². The fraction of sp³-hybridized carbons (Fsp3) is 0.333. The Morgan fingerprint density at radius 1 is 1.07 bits per heavy atom. The van der Waals surface area contributed by atoms with Crippen molar-refractivity contribution in [3.63, 3.8) is 0 Å². The highest BCUT2D eigenvalue weighted by molar-refractivity contribution is 5.78. The van der Waals surface area contributed by atoms with E-state index in [9.17, 15) is 9.59 Å². The van der Waals surface area contributed by atoms with Gasteiger partial charge in [0.1, 0.15) is 6.61 Å². The number of carboxylic acid groups (broad SMARTS) is 1. The van der Waals surface area contributed by atoms with E-state index in [1.165, 1.54) is 22.3 Å². The predicted molar refractivity (Wildman–Crippen MR) is 107 cm³/mol. The number of nitrogens with one attached hydrogen (secondary N) is 3. The van der Waals surface area contributed by atoms with E-state index in [0.717, 1.165) is 12.0 Å². The van der Waals surface area contributed by atoms with Gasteiger partial charge in [-0.1, -0.05) is 42.5 Å². The second-order valence-corrected chi connectivity index (χ2v) is 7.25. The highest BCUT2D eigenvalue weighted by Crippen LogP contribution is 2.38. The van der Waals surface area contributed by atoms with Crippen molar-refractivity contribution < 1.29 is 19.4 Å². The summed E-state index contributed by atoms with van der Waals surface area (Å²) in [7, 11) is 0.